The zero-order chi connectivity index (χ0) is 15.3. The number of aromatic hydroxyl groups is 1. The van der Waals surface area contributed by atoms with Gasteiger partial charge >= 0.3 is 0 Å². The first-order valence-corrected chi connectivity index (χ1v) is 7.56. The molecule has 2 aromatic carbocycles. The lowest BCUT2D eigenvalue weighted by Crippen LogP contribution is -2.33. The van der Waals surface area contributed by atoms with Gasteiger partial charge in [-0.25, -0.2) is 0 Å². The number of rotatable bonds is 2. The third kappa shape index (κ3) is 1.80. The minimum atomic E-state index is 0.277. The molecule has 0 saturated carbocycles. The molecule has 0 aromatic heterocycles. The van der Waals surface area contributed by atoms with Crippen LogP contribution in [-0.4, -0.2) is 25.9 Å². The van der Waals surface area contributed by atoms with Crippen molar-refractivity contribution in [2.24, 2.45) is 0 Å². The van der Waals surface area contributed by atoms with Gasteiger partial charge in [0.25, 0.3) is 0 Å². The second-order valence-corrected chi connectivity index (χ2v) is 5.86. The fourth-order valence-corrected chi connectivity index (χ4v) is 3.79. The van der Waals surface area contributed by atoms with Gasteiger partial charge in [-0.3, -0.25) is 0 Å². The van der Waals surface area contributed by atoms with Gasteiger partial charge in [-0.15, -0.1) is 0 Å². The predicted octanol–water partition coefficient (Wildman–Crippen LogP) is 2.82. The van der Waals surface area contributed by atoms with Crippen LogP contribution < -0.4 is 14.8 Å². The molecule has 4 nitrogen and oxygen atoms in total. The molecule has 1 heterocycles. The Hall–Kier alpha value is -2.20. The van der Waals surface area contributed by atoms with Crippen molar-refractivity contribution in [1.82, 2.24) is 5.32 Å². The minimum absolute atomic E-state index is 0.277. The van der Waals surface area contributed by atoms with Gasteiger partial charge in [-0.1, -0.05) is 6.07 Å². The molecule has 0 saturated heterocycles. The van der Waals surface area contributed by atoms with Gasteiger partial charge in [0, 0.05) is 11.6 Å². The Morgan fingerprint density at radius 3 is 2.77 bits per heavy atom. The third-order valence-corrected chi connectivity index (χ3v) is 4.72. The van der Waals surface area contributed by atoms with Crippen LogP contribution >= 0.6 is 0 Å². The average Bonchev–Trinajstić information content (AvgIpc) is 2.55. The van der Waals surface area contributed by atoms with Crippen LogP contribution in [0.2, 0.25) is 0 Å². The van der Waals surface area contributed by atoms with Crippen LogP contribution in [0.3, 0.4) is 0 Å². The number of phenols is 1. The van der Waals surface area contributed by atoms with E-state index in [1.165, 1.54) is 16.7 Å². The van der Waals surface area contributed by atoms with Crippen molar-refractivity contribution in [1.29, 1.82) is 0 Å². The molecule has 4 rings (SSSR count). The zero-order valence-electron chi connectivity index (χ0n) is 12.8. The highest BCUT2D eigenvalue weighted by molar-refractivity contribution is 5.84. The number of ether oxygens (including phenoxy) is 2. The van der Waals surface area contributed by atoms with E-state index in [9.17, 15) is 5.11 Å². The molecule has 0 unspecified atom stereocenters. The van der Waals surface area contributed by atoms with Gasteiger partial charge in [-0.05, 0) is 59.8 Å². The van der Waals surface area contributed by atoms with Crippen molar-refractivity contribution in [3.8, 4) is 28.4 Å². The van der Waals surface area contributed by atoms with Gasteiger partial charge in [-0.2, -0.15) is 0 Å². The molecule has 1 atom stereocenters. The Labute approximate surface area is 129 Å². The molecule has 4 heteroatoms. The second kappa shape index (κ2) is 4.92. The average molecular weight is 297 g/mol. The van der Waals surface area contributed by atoms with E-state index in [-0.39, 0.29) is 5.75 Å². The lowest BCUT2D eigenvalue weighted by Gasteiger charge is -2.35. The van der Waals surface area contributed by atoms with Crippen LogP contribution in [0.5, 0.6) is 17.2 Å². The molecule has 0 spiro atoms. The summed E-state index contributed by atoms with van der Waals surface area (Å²) >= 11 is 0. The second-order valence-electron chi connectivity index (χ2n) is 5.86. The molecule has 0 radical (unpaired) electrons. The van der Waals surface area contributed by atoms with E-state index in [1.54, 1.807) is 20.3 Å². The molecule has 2 N–H and O–H groups in total. The van der Waals surface area contributed by atoms with Crippen LogP contribution in [0.15, 0.2) is 24.3 Å². The number of methoxy groups -OCH3 is 2. The first-order valence-electron chi connectivity index (χ1n) is 7.56. The van der Waals surface area contributed by atoms with Gasteiger partial charge in [0.2, 0.25) is 0 Å². The summed E-state index contributed by atoms with van der Waals surface area (Å²) in [6.07, 6.45) is 1.92. The van der Waals surface area contributed by atoms with E-state index in [1.807, 2.05) is 12.1 Å². The summed E-state index contributed by atoms with van der Waals surface area (Å²) in [5.41, 5.74) is 5.94. The van der Waals surface area contributed by atoms with Crippen molar-refractivity contribution < 1.29 is 14.6 Å². The standard InChI is InChI=1S/C18H19NO3/c1-21-15-8-11-5-6-19-14-7-10-3-4-12(20)9-13(10)17(16(11)14)18(15)22-2/h3-4,8-9,14,19-20H,5-7H2,1-2H3/t14-/m1/s1. The topological polar surface area (TPSA) is 50.7 Å². The molecule has 1 aliphatic heterocycles. The number of benzene rings is 2. The fourth-order valence-electron chi connectivity index (χ4n) is 3.79. The maximum absolute atomic E-state index is 9.92. The Morgan fingerprint density at radius 2 is 2.00 bits per heavy atom. The monoisotopic (exact) mass is 297 g/mol. The van der Waals surface area contributed by atoms with Gasteiger partial charge in [0.05, 0.1) is 14.2 Å². The SMILES string of the molecule is COc1cc2c3c(c1OC)-c1cc(O)ccc1C[C@H]3NCC2. The molecule has 114 valence electrons. The first-order chi connectivity index (χ1) is 10.7. The van der Waals surface area contributed by atoms with Crippen molar-refractivity contribution in [3.05, 3.63) is 41.0 Å². The highest BCUT2D eigenvalue weighted by Gasteiger charge is 2.33. The molecular formula is C18H19NO3. The number of fused-ring (bicyclic) bond motifs is 2. The van der Waals surface area contributed by atoms with Crippen molar-refractivity contribution in [2.45, 2.75) is 18.9 Å². The quantitative estimate of drug-likeness (QED) is 0.895. The summed E-state index contributed by atoms with van der Waals surface area (Å²) < 4.78 is 11.2. The summed E-state index contributed by atoms with van der Waals surface area (Å²) in [5, 5.41) is 13.5. The zero-order valence-corrected chi connectivity index (χ0v) is 12.8. The Morgan fingerprint density at radius 1 is 1.14 bits per heavy atom. The van der Waals surface area contributed by atoms with Gasteiger partial charge in [0.15, 0.2) is 11.5 Å². The minimum Gasteiger partial charge on any atom is -0.508 e. The number of hydrogen-bond donors (Lipinski definition) is 2. The number of hydrogen-bond acceptors (Lipinski definition) is 4. The van der Waals surface area contributed by atoms with E-state index in [0.29, 0.717) is 6.04 Å². The molecule has 2 aromatic rings. The van der Waals surface area contributed by atoms with Crippen LogP contribution in [0.25, 0.3) is 11.1 Å². The van der Waals surface area contributed by atoms with E-state index >= 15 is 0 Å². The summed E-state index contributed by atoms with van der Waals surface area (Å²) in [6, 6.07) is 7.98. The van der Waals surface area contributed by atoms with E-state index in [0.717, 1.165) is 42.0 Å². The lowest BCUT2D eigenvalue weighted by atomic mass is 9.77. The van der Waals surface area contributed by atoms with E-state index in [2.05, 4.69) is 11.4 Å². The first kappa shape index (κ1) is 13.5. The molecule has 0 fully saturated rings. The molecule has 0 bridgehead atoms. The van der Waals surface area contributed by atoms with Crippen molar-refractivity contribution in [3.63, 3.8) is 0 Å². The molecule has 0 amide bonds. The molecule has 22 heavy (non-hydrogen) atoms. The predicted molar refractivity (Wildman–Crippen MR) is 84.8 cm³/mol. The Bertz CT molecular complexity index is 754. The van der Waals surface area contributed by atoms with Crippen LogP contribution in [0.4, 0.5) is 0 Å². The summed E-state index contributed by atoms with van der Waals surface area (Å²) in [4.78, 5) is 0. The Kier molecular flexibility index (Phi) is 3.01. The van der Waals surface area contributed by atoms with E-state index in [4.69, 9.17) is 9.47 Å². The third-order valence-electron chi connectivity index (χ3n) is 4.72. The van der Waals surface area contributed by atoms with Gasteiger partial charge < -0.3 is 19.9 Å². The van der Waals surface area contributed by atoms with Crippen LogP contribution in [-0.2, 0) is 12.8 Å². The van der Waals surface area contributed by atoms with Crippen LogP contribution in [0, 0.1) is 0 Å². The van der Waals surface area contributed by atoms with E-state index < -0.39 is 0 Å². The highest BCUT2D eigenvalue weighted by atomic mass is 16.5. The van der Waals surface area contributed by atoms with Crippen LogP contribution in [0.1, 0.15) is 22.7 Å². The summed E-state index contributed by atoms with van der Waals surface area (Å²) in [5.74, 6) is 1.79. The van der Waals surface area contributed by atoms with Crippen molar-refractivity contribution in [2.75, 3.05) is 20.8 Å². The number of phenolic OH excluding ortho intramolecular Hbond substituents is 1. The van der Waals surface area contributed by atoms with Crippen molar-refractivity contribution >= 4 is 0 Å². The normalized spacial score (nSPS) is 18.4. The highest BCUT2D eigenvalue weighted by Crippen LogP contribution is 2.51. The maximum Gasteiger partial charge on any atom is 0.168 e. The fraction of sp³-hybridized carbons (Fsp3) is 0.333. The Balaban J connectivity index is 2.09. The molecule has 2 aliphatic rings. The summed E-state index contributed by atoms with van der Waals surface area (Å²) in [7, 11) is 3.34. The largest absolute Gasteiger partial charge is 0.508 e. The lowest BCUT2D eigenvalue weighted by molar-refractivity contribution is 0.353. The molecular weight excluding hydrogens is 278 g/mol. The maximum atomic E-state index is 9.92. The number of nitrogens with one attached hydrogen (secondary N) is 1. The summed E-state index contributed by atoms with van der Waals surface area (Å²) in [6.45, 7) is 0.972. The van der Waals surface area contributed by atoms with Gasteiger partial charge in [0.1, 0.15) is 5.75 Å². The smallest absolute Gasteiger partial charge is 0.168 e. The molecule has 1 aliphatic carbocycles.